The van der Waals surface area contributed by atoms with Crippen molar-refractivity contribution in [1.29, 1.82) is 0 Å². The number of esters is 1. The number of carbonyl (C=O) groups excluding carboxylic acids is 2. The lowest BCUT2D eigenvalue weighted by Gasteiger charge is -2.03. The van der Waals surface area contributed by atoms with Gasteiger partial charge in [0.2, 0.25) is 0 Å². The number of fused-ring (bicyclic) bond motifs is 1. The highest BCUT2D eigenvalue weighted by atomic mass is 16.5. The molecule has 23 heavy (non-hydrogen) atoms. The highest BCUT2D eigenvalue weighted by Gasteiger charge is 2.24. The van der Waals surface area contributed by atoms with E-state index in [9.17, 15) is 9.59 Å². The summed E-state index contributed by atoms with van der Waals surface area (Å²) in [6, 6.07) is 10.5. The van der Waals surface area contributed by atoms with E-state index in [4.69, 9.17) is 9.84 Å². The number of rotatable bonds is 4. The third kappa shape index (κ3) is 3.27. The quantitative estimate of drug-likeness (QED) is 0.508. The number of nitrogens with one attached hydrogen (secondary N) is 1. The van der Waals surface area contributed by atoms with Crippen molar-refractivity contribution in [3.05, 3.63) is 59.8 Å². The molecule has 0 saturated carbocycles. The Labute approximate surface area is 132 Å². The number of hydrogen-bond acceptors (Lipinski definition) is 5. The second-order valence-electron chi connectivity index (χ2n) is 4.95. The molecule has 1 aromatic carbocycles. The van der Waals surface area contributed by atoms with Crippen molar-refractivity contribution in [2.45, 2.75) is 6.42 Å². The van der Waals surface area contributed by atoms with Gasteiger partial charge in [-0.1, -0.05) is 18.2 Å². The number of anilines is 1. The fourth-order valence-electron chi connectivity index (χ4n) is 2.30. The number of ether oxygens (including phenoxy) is 1. The number of amides is 1. The van der Waals surface area contributed by atoms with E-state index in [1.165, 1.54) is 0 Å². The summed E-state index contributed by atoms with van der Waals surface area (Å²) in [6.45, 7) is -0.656. The Morgan fingerprint density at radius 1 is 1.26 bits per heavy atom. The molecule has 2 N–H and O–H groups in total. The summed E-state index contributed by atoms with van der Waals surface area (Å²) in [6.07, 6.45) is 4.04. The van der Waals surface area contributed by atoms with Crippen molar-refractivity contribution in [3.63, 3.8) is 0 Å². The fraction of sp³-hybridized carbons (Fsp3) is 0.118. The van der Waals surface area contributed by atoms with Gasteiger partial charge in [0, 0.05) is 17.3 Å². The van der Waals surface area contributed by atoms with Crippen molar-refractivity contribution < 1.29 is 19.4 Å². The summed E-state index contributed by atoms with van der Waals surface area (Å²) < 4.78 is 4.88. The van der Waals surface area contributed by atoms with E-state index >= 15 is 0 Å². The highest BCUT2D eigenvalue weighted by Crippen LogP contribution is 2.29. The molecule has 0 aliphatic carbocycles. The number of aromatic nitrogens is 1. The van der Waals surface area contributed by atoms with Crippen molar-refractivity contribution >= 4 is 23.3 Å². The normalized spacial score (nSPS) is 14.5. The summed E-state index contributed by atoms with van der Waals surface area (Å²) in [5.74, 6) is 0.0856. The van der Waals surface area contributed by atoms with Crippen LogP contribution in [0.1, 0.15) is 11.1 Å². The Hall–Kier alpha value is -2.99. The first-order valence-corrected chi connectivity index (χ1v) is 7.05. The van der Waals surface area contributed by atoms with Gasteiger partial charge in [-0.05, 0) is 36.2 Å². The number of carbonyl (C=O) groups is 2. The smallest absolute Gasteiger partial charge is 0.337 e. The number of aliphatic hydroxyl groups is 1. The fourth-order valence-corrected chi connectivity index (χ4v) is 2.30. The van der Waals surface area contributed by atoms with E-state index in [0.717, 1.165) is 11.1 Å². The van der Waals surface area contributed by atoms with Crippen LogP contribution in [-0.2, 0) is 16.0 Å². The van der Waals surface area contributed by atoms with Crippen LogP contribution in [0.4, 0.5) is 5.82 Å². The molecule has 0 spiro atoms. The van der Waals surface area contributed by atoms with E-state index < -0.39 is 12.6 Å². The first kappa shape index (κ1) is 14.9. The van der Waals surface area contributed by atoms with E-state index in [0.29, 0.717) is 23.6 Å². The van der Waals surface area contributed by atoms with Crippen molar-refractivity contribution in [2.75, 3.05) is 11.9 Å². The number of aliphatic hydroxyl groups excluding tert-OH is 1. The largest absolute Gasteiger partial charge is 0.425 e. The molecule has 1 aromatic heterocycles. The number of allylic oxidation sites excluding steroid dienone is 1. The van der Waals surface area contributed by atoms with Crippen molar-refractivity contribution in [1.82, 2.24) is 4.98 Å². The summed E-state index contributed by atoms with van der Waals surface area (Å²) in [5.41, 5.74) is 2.36. The van der Waals surface area contributed by atoms with Gasteiger partial charge in [0.05, 0.1) is 0 Å². The second-order valence-corrected chi connectivity index (χ2v) is 4.95. The lowest BCUT2D eigenvalue weighted by atomic mass is 10.1. The van der Waals surface area contributed by atoms with Crippen LogP contribution >= 0.6 is 0 Å². The monoisotopic (exact) mass is 310 g/mol. The Kier molecular flexibility index (Phi) is 4.16. The maximum atomic E-state index is 12.0. The van der Waals surface area contributed by atoms with Crippen LogP contribution in [0.15, 0.2) is 48.7 Å². The predicted molar refractivity (Wildman–Crippen MR) is 83.7 cm³/mol. The molecule has 2 heterocycles. The zero-order chi connectivity index (χ0) is 16.2. The molecule has 1 aliphatic rings. The number of nitrogens with zero attached hydrogens (tertiary/aromatic N) is 1. The Morgan fingerprint density at radius 2 is 2.04 bits per heavy atom. The zero-order valence-corrected chi connectivity index (χ0v) is 12.2. The van der Waals surface area contributed by atoms with Gasteiger partial charge in [0.1, 0.15) is 18.2 Å². The Balaban J connectivity index is 1.73. The van der Waals surface area contributed by atoms with Gasteiger partial charge in [-0.2, -0.15) is 0 Å². The van der Waals surface area contributed by atoms with Crippen LogP contribution in [0.3, 0.4) is 0 Å². The number of hydrogen-bond donors (Lipinski definition) is 2. The van der Waals surface area contributed by atoms with Crippen LogP contribution in [-0.4, -0.2) is 28.6 Å². The van der Waals surface area contributed by atoms with Gasteiger partial charge in [-0.15, -0.1) is 0 Å². The predicted octanol–water partition coefficient (Wildman–Crippen LogP) is 1.56. The van der Waals surface area contributed by atoms with Crippen molar-refractivity contribution in [2.24, 2.45) is 0 Å². The Bertz CT molecular complexity index is 781. The SMILES string of the molecule is O=C(CO)Oc1ccc(CC=C2C(=O)Nc3ncccc32)cc1. The molecule has 1 aliphatic heterocycles. The molecule has 0 fully saturated rings. The van der Waals surface area contributed by atoms with Gasteiger partial charge in [-0.25, -0.2) is 9.78 Å². The molecule has 6 heteroatoms. The first-order valence-electron chi connectivity index (χ1n) is 7.05. The lowest BCUT2D eigenvalue weighted by Crippen LogP contribution is -2.11. The minimum Gasteiger partial charge on any atom is -0.425 e. The first-order chi connectivity index (χ1) is 11.2. The zero-order valence-electron chi connectivity index (χ0n) is 12.2. The number of pyridine rings is 1. The molecule has 0 atom stereocenters. The molecule has 2 aromatic rings. The summed E-state index contributed by atoms with van der Waals surface area (Å²) in [7, 11) is 0. The van der Waals surface area contributed by atoms with Gasteiger partial charge < -0.3 is 15.2 Å². The van der Waals surface area contributed by atoms with Gasteiger partial charge in [0.25, 0.3) is 5.91 Å². The average Bonchev–Trinajstić information content (AvgIpc) is 2.89. The summed E-state index contributed by atoms with van der Waals surface area (Å²) >= 11 is 0. The standard InChI is InChI=1S/C17H14N2O4/c20-10-15(21)23-12-6-3-11(4-7-12)5-8-14-13-2-1-9-18-16(13)19-17(14)22/h1-4,6-9,20H,5,10H2,(H,18,19,22). The molecule has 0 bridgehead atoms. The van der Waals surface area contributed by atoms with Crippen LogP contribution in [0.2, 0.25) is 0 Å². The van der Waals surface area contributed by atoms with E-state index in [1.807, 2.05) is 12.1 Å². The molecular weight excluding hydrogens is 296 g/mol. The third-order valence-electron chi connectivity index (χ3n) is 3.40. The van der Waals surface area contributed by atoms with Gasteiger partial charge >= 0.3 is 5.97 Å². The second kappa shape index (κ2) is 6.41. The molecular formula is C17H14N2O4. The molecule has 116 valence electrons. The third-order valence-corrected chi connectivity index (χ3v) is 3.40. The lowest BCUT2D eigenvalue weighted by molar-refractivity contribution is -0.137. The average molecular weight is 310 g/mol. The molecule has 1 amide bonds. The van der Waals surface area contributed by atoms with E-state index in [-0.39, 0.29) is 5.91 Å². The highest BCUT2D eigenvalue weighted by molar-refractivity contribution is 6.31. The maximum absolute atomic E-state index is 12.0. The molecule has 0 radical (unpaired) electrons. The minimum atomic E-state index is -0.702. The van der Waals surface area contributed by atoms with Crippen LogP contribution < -0.4 is 10.1 Å². The molecule has 0 saturated heterocycles. The molecule has 0 unspecified atom stereocenters. The van der Waals surface area contributed by atoms with Gasteiger partial charge in [-0.3, -0.25) is 4.79 Å². The topological polar surface area (TPSA) is 88.5 Å². The maximum Gasteiger partial charge on any atom is 0.337 e. The number of benzene rings is 1. The molecule has 3 rings (SSSR count). The summed E-state index contributed by atoms with van der Waals surface area (Å²) in [5, 5.41) is 11.4. The van der Waals surface area contributed by atoms with E-state index in [2.05, 4.69) is 10.3 Å². The van der Waals surface area contributed by atoms with Crippen LogP contribution in [0, 0.1) is 0 Å². The van der Waals surface area contributed by atoms with Gasteiger partial charge in [0.15, 0.2) is 0 Å². The van der Waals surface area contributed by atoms with E-state index in [1.54, 1.807) is 36.5 Å². The van der Waals surface area contributed by atoms with Crippen LogP contribution in [0.25, 0.3) is 5.57 Å². The Morgan fingerprint density at radius 3 is 2.78 bits per heavy atom. The molecule has 6 nitrogen and oxygen atoms in total. The summed E-state index contributed by atoms with van der Waals surface area (Å²) in [4.78, 5) is 27.1. The van der Waals surface area contributed by atoms with Crippen molar-refractivity contribution in [3.8, 4) is 5.75 Å². The van der Waals surface area contributed by atoms with Crippen LogP contribution in [0.5, 0.6) is 5.75 Å². The minimum absolute atomic E-state index is 0.160.